The summed E-state index contributed by atoms with van der Waals surface area (Å²) in [5, 5.41) is 6.91. The topological polar surface area (TPSA) is 24.9 Å². The van der Waals surface area contributed by atoms with Crippen LogP contribution in [0.3, 0.4) is 0 Å². The van der Waals surface area contributed by atoms with Gasteiger partial charge in [0.05, 0.1) is 5.01 Å². The molecular weight excluding hydrogens is 180 g/mol. The monoisotopic (exact) mass is 196 g/mol. The van der Waals surface area contributed by atoms with E-state index >= 15 is 0 Å². The van der Waals surface area contributed by atoms with E-state index in [9.17, 15) is 0 Å². The quantitative estimate of drug-likeness (QED) is 0.744. The summed E-state index contributed by atoms with van der Waals surface area (Å²) < 4.78 is 0. The lowest BCUT2D eigenvalue weighted by Gasteiger charge is -2.27. The lowest BCUT2D eigenvalue weighted by atomic mass is 9.88. The third kappa shape index (κ3) is 1.92. The standard InChI is InChI=1S/C10H16N2S/c1-7-5-11-4-3-9(7)10-12-8(2)6-13-10/h6-7,9,11H,3-5H2,1-2H3. The van der Waals surface area contributed by atoms with Gasteiger partial charge in [-0.1, -0.05) is 6.92 Å². The summed E-state index contributed by atoms with van der Waals surface area (Å²) in [6.07, 6.45) is 1.24. The predicted octanol–water partition coefficient (Wildman–Crippen LogP) is 2.16. The van der Waals surface area contributed by atoms with E-state index in [1.54, 1.807) is 0 Å². The van der Waals surface area contributed by atoms with Crippen LogP contribution in [0.15, 0.2) is 5.38 Å². The Morgan fingerprint density at radius 1 is 1.62 bits per heavy atom. The van der Waals surface area contributed by atoms with Gasteiger partial charge >= 0.3 is 0 Å². The molecule has 0 saturated carbocycles. The molecule has 1 aliphatic heterocycles. The summed E-state index contributed by atoms with van der Waals surface area (Å²) in [6.45, 7) is 6.68. The molecule has 2 rings (SSSR count). The Morgan fingerprint density at radius 2 is 2.46 bits per heavy atom. The highest BCUT2D eigenvalue weighted by molar-refractivity contribution is 7.09. The minimum absolute atomic E-state index is 0.694. The van der Waals surface area contributed by atoms with Crippen LogP contribution >= 0.6 is 11.3 Å². The third-order valence-corrected chi connectivity index (χ3v) is 3.83. The van der Waals surface area contributed by atoms with Crippen LogP contribution < -0.4 is 5.32 Å². The minimum Gasteiger partial charge on any atom is -0.316 e. The van der Waals surface area contributed by atoms with Crippen molar-refractivity contribution in [2.45, 2.75) is 26.2 Å². The zero-order valence-electron chi connectivity index (χ0n) is 8.21. The zero-order chi connectivity index (χ0) is 9.26. The summed E-state index contributed by atoms with van der Waals surface area (Å²) in [5.41, 5.74) is 1.17. The molecule has 1 aliphatic rings. The van der Waals surface area contributed by atoms with Crippen LogP contribution in [0.2, 0.25) is 0 Å². The molecule has 1 aromatic heterocycles. The number of rotatable bonds is 1. The van der Waals surface area contributed by atoms with Crippen molar-refractivity contribution in [3.8, 4) is 0 Å². The van der Waals surface area contributed by atoms with Crippen molar-refractivity contribution in [3.63, 3.8) is 0 Å². The molecule has 1 fully saturated rings. The van der Waals surface area contributed by atoms with E-state index in [0.29, 0.717) is 5.92 Å². The maximum Gasteiger partial charge on any atom is 0.0962 e. The Morgan fingerprint density at radius 3 is 3.08 bits per heavy atom. The summed E-state index contributed by atoms with van der Waals surface area (Å²) >= 11 is 1.82. The van der Waals surface area contributed by atoms with Gasteiger partial charge in [0, 0.05) is 17.0 Å². The first-order chi connectivity index (χ1) is 6.27. The van der Waals surface area contributed by atoms with Crippen LogP contribution in [-0.2, 0) is 0 Å². The molecule has 2 heterocycles. The summed E-state index contributed by atoms with van der Waals surface area (Å²) in [7, 11) is 0. The SMILES string of the molecule is Cc1csc(C2CCNCC2C)n1. The van der Waals surface area contributed by atoms with Crippen molar-refractivity contribution in [1.82, 2.24) is 10.3 Å². The van der Waals surface area contributed by atoms with Gasteiger partial charge in [-0.3, -0.25) is 0 Å². The van der Waals surface area contributed by atoms with Crippen LogP contribution in [0.4, 0.5) is 0 Å². The van der Waals surface area contributed by atoms with Crippen LogP contribution in [0.5, 0.6) is 0 Å². The highest BCUT2D eigenvalue weighted by Gasteiger charge is 2.24. The zero-order valence-corrected chi connectivity index (χ0v) is 9.03. The largest absolute Gasteiger partial charge is 0.316 e. The number of nitrogens with zero attached hydrogens (tertiary/aromatic N) is 1. The Hall–Kier alpha value is -0.410. The van der Waals surface area contributed by atoms with Gasteiger partial charge in [0.25, 0.3) is 0 Å². The van der Waals surface area contributed by atoms with Gasteiger partial charge in [-0.2, -0.15) is 0 Å². The normalized spacial score (nSPS) is 29.1. The van der Waals surface area contributed by atoms with Crippen molar-refractivity contribution in [1.29, 1.82) is 0 Å². The molecule has 1 aromatic rings. The molecule has 13 heavy (non-hydrogen) atoms. The van der Waals surface area contributed by atoms with E-state index in [1.807, 2.05) is 11.3 Å². The van der Waals surface area contributed by atoms with Crippen molar-refractivity contribution >= 4 is 11.3 Å². The second kappa shape index (κ2) is 3.76. The average molecular weight is 196 g/mol. The second-order valence-corrected chi connectivity index (χ2v) is 4.79. The van der Waals surface area contributed by atoms with Crippen LogP contribution in [-0.4, -0.2) is 18.1 Å². The molecule has 0 aliphatic carbocycles. The number of piperidine rings is 1. The van der Waals surface area contributed by atoms with Crippen LogP contribution in [0.1, 0.15) is 30.0 Å². The van der Waals surface area contributed by atoms with Crippen molar-refractivity contribution in [2.24, 2.45) is 5.92 Å². The molecule has 0 spiro atoms. The molecular formula is C10H16N2S. The Balaban J connectivity index is 2.14. The van der Waals surface area contributed by atoms with Crippen LogP contribution in [0.25, 0.3) is 0 Å². The van der Waals surface area contributed by atoms with Crippen molar-refractivity contribution in [3.05, 3.63) is 16.1 Å². The maximum atomic E-state index is 4.58. The molecule has 2 nitrogen and oxygen atoms in total. The van der Waals surface area contributed by atoms with Gasteiger partial charge in [0.1, 0.15) is 0 Å². The molecule has 2 unspecified atom stereocenters. The molecule has 0 amide bonds. The van der Waals surface area contributed by atoms with Crippen molar-refractivity contribution in [2.75, 3.05) is 13.1 Å². The summed E-state index contributed by atoms with van der Waals surface area (Å²) in [4.78, 5) is 4.58. The highest BCUT2D eigenvalue weighted by Crippen LogP contribution is 2.31. The first-order valence-electron chi connectivity index (χ1n) is 4.90. The number of aromatic nitrogens is 1. The molecule has 2 atom stereocenters. The van der Waals surface area contributed by atoms with Gasteiger partial charge < -0.3 is 5.32 Å². The van der Waals surface area contributed by atoms with E-state index in [2.05, 4.69) is 29.5 Å². The van der Waals surface area contributed by atoms with Gasteiger partial charge in [-0.05, 0) is 32.4 Å². The lowest BCUT2D eigenvalue weighted by Crippen LogP contribution is -2.33. The highest BCUT2D eigenvalue weighted by atomic mass is 32.1. The Kier molecular flexibility index (Phi) is 2.65. The number of aryl methyl sites for hydroxylation is 1. The smallest absolute Gasteiger partial charge is 0.0962 e. The molecule has 1 saturated heterocycles. The number of hydrogen-bond donors (Lipinski definition) is 1. The number of nitrogens with one attached hydrogen (secondary N) is 1. The molecule has 1 N–H and O–H groups in total. The summed E-state index contributed by atoms with van der Waals surface area (Å²) in [5.74, 6) is 1.43. The predicted molar refractivity (Wildman–Crippen MR) is 56.2 cm³/mol. The Labute approximate surface area is 83.4 Å². The number of hydrogen-bond acceptors (Lipinski definition) is 3. The average Bonchev–Trinajstić information content (AvgIpc) is 2.53. The third-order valence-electron chi connectivity index (χ3n) is 2.74. The van der Waals surface area contributed by atoms with Gasteiger partial charge in [0.2, 0.25) is 0 Å². The fourth-order valence-corrected chi connectivity index (χ4v) is 2.99. The maximum absolute atomic E-state index is 4.58. The first kappa shape index (κ1) is 9.16. The minimum atomic E-state index is 0.694. The van der Waals surface area contributed by atoms with E-state index < -0.39 is 0 Å². The van der Waals surface area contributed by atoms with E-state index in [-0.39, 0.29) is 0 Å². The molecule has 3 heteroatoms. The lowest BCUT2D eigenvalue weighted by molar-refractivity contribution is 0.348. The summed E-state index contributed by atoms with van der Waals surface area (Å²) in [6, 6.07) is 0. The second-order valence-electron chi connectivity index (χ2n) is 3.90. The molecule has 72 valence electrons. The number of thiazole rings is 1. The van der Waals surface area contributed by atoms with Crippen molar-refractivity contribution < 1.29 is 0 Å². The van der Waals surface area contributed by atoms with E-state index in [0.717, 1.165) is 19.0 Å². The Bertz CT molecular complexity index is 282. The molecule has 0 radical (unpaired) electrons. The fourth-order valence-electron chi connectivity index (χ4n) is 1.92. The fraction of sp³-hybridized carbons (Fsp3) is 0.700. The van der Waals surface area contributed by atoms with Gasteiger partial charge in [-0.15, -0.1) is 11.3 Å². The first-order valence-corrected chi connectivity index (χ1v) is 5.78. The van der Waals surface area contributed by atoms with Crippen LogP contribution in [0, 0.1) is 12.8 Å². The van der Waals surface area contributed by atoms with Gasteiger partial charge in [-0.25, -0.2) is 4.98 Å². The molecule has 0 aromatic carbocycles. The van der Waals surface area contributed by atoms with E-state index in [4.69, 9.17) is 0 Å². The van der Waals surface area contributed by atoms with Gasteiger partial charge in [0.15, 0.2) is 0 Å². The molecule has 0 bridgehead atoms. The van der Waals surface area contributed by atoms with E-state index in [1.165, 1.54) is 17.1 Å².